The zero-order valence-electron chi connectivity index (χ0n) is 10.6. The fourth-order valence-corrected chi connectivity index (χ4v) is 3.31. The number of likely N-dealkylation sites (tertiary alicyclic amines) is 1. The van der Waals surface area contributed by atoms with Crippen molar-refractivity contribution in [2.75, 3.05) is 19.0 Å². The molecule has 1 fully saturated rings. The Labute approximate surface area is 116 Å². The molecule has 1 aromatic rings. The Balaban J connectivity index is 2.01. The summed E-state index contributed by atoms with van der Waals surface area (Å²) in [4.78, 5) is 15.0. The van der Waals surface area contributed by atoms with Gasteiger partial charge in [-0.1, -0.05) is 17.8 Å². The topological polar surface area (TPSA) is 46.1 Å². The number of aromatic nitrogens is 2. The first-order valence-corrected chi connectivity index (χ1v) is 7.73. The van der Waals surface area contributed by atoms with Crippen molar-refractivity contribution in [2.45, 2.75) is 32.6 Å². The van der Waals surface area contributed by atoms with Gasteiger partial charge >= 0.3 is 0 Å². The fourth-order valence-electron chi connectivity index (χ4n) is 2.32. The van der Waals surface area contributed by atoms with Gasteiger partial charge in [0.2, 0.25) is 0 Å². The molecule has 2 rings (SSSR count). The third kappa shape index (κ3) is 3.01. The van der Waals surface area contributed by atoms with Crippen molar-refractivity contribution in [1.29, 1.82) is 0 Å². The van der Waals surface area contributed by atoms with E-state index in [0.717, 1.165) is 49.3 Å². The lowest BCUT2D eigenvalue weighted by Crippen LogP contribution is -2.28. The number of nitrogens with zero attached hydrogens (tertiary/aromatic N) is 3. The molecule has 1 aliphatic rings. The quantitative estimate of drug-likeness (QED) is 0.782. The number of hydrogen-bond acceptors (Lipinski definition) is 4. The molecule has 0 aromatic carbocycles. The first-order valence-electron chi connectivity index (χ1n) is 6.42. The van der Waals surface area contributed by atoms with Crippen molar-refractivity contribution in [3.05, 3.63) is 10.6 Å². The Morgan fingerprint density at radius 3 is 3.17 bits per heavy atom. The van der Waals surface area contributed by atoms with E-state index in [9.17, 15) is 4.79 Å². The fraction of sp³-hybridized carbons (Fsp3) is 0.750. The SMILES string of the molecule is CCCc1nnsc1C(=O)N1CCC(CCCl)C1. The molecule has 1 aromatic heterocycles. The first kappa shape index (κ1) is 13.7. The highest BCUT2D eigenvalue weighted by molar-refractivity contribution is 7.08. The number of alkyl halides is 1. The van der Waals surface area contributed by atoms with E-state index >= 15 is 0 Å². The number of rotatable bonds is 5. The van der Waals surface area contributed by atoms with E-state index < -0.39 is 0 Å². The Bertz CT molecular complexity index is 410. The van der Waals surface area contributed by atoms with Gasteiger partial charge in [-0.05, 0) is 36.7 Å². The maximum Gasteiger partial charge on any atom is 0.267 e. The maximum atomic E-state index is 12.4. The average Bonchev–Trinajstić information content (AvgIpc) is 2.98. The molecular formula is C12H18ClN3OS. The number of hydrogen-bond donors (Lipinski definition) is 0. The summed E-state index contributed by atoms with van der Waals surface area (Å²) in [6, 6.07) is 0. The van der Waals surface area contributed by atoms with Crippen molar-refractivity contribution < 1.29 is 4.79 Å². The number of aryl methyl sites for hydroxylation is 1. The summed E-state index contributed by atoms with van der Waals surface area (Å²) in [6.07, 6.45) is 3.87. The maximum absolute atomic E-state index is 12.4. The molecule has 0 saturated carbocycles. The summed E-state index contributed by atoms with van der Waals surface area (Å²) >= 11 is 6.97. The van der Waals surface area contributed by atoms with Crippen LogP contribution in [-0.4, -0.2) is 39.4 Å². The Morgan fingerprint density at radius 1 is 1.61 bits per heavy atom. The van der Waals surface area contributed by atoms with Crippen LogP contribution in [0, 0.1) is 5.92 Å². The molecule has 1 saturated heterocycles. The molecule has 1 unspecified atom stereocenters. The minimum Gasteiger partial charge on any atom is -0.338 e. The molecule has 18 heavy (non-hydrogen) atoms. The summed E-state index contributed by atoms with van der Waals surface area (Å²) < 4.78 is 3.91. The van der Waals surface area contributed by atoms with Gasteiger partial charge in [-0.2, -0.15) is 0 Å². The molecule has 100 valence electrons. The zero-order valence-corrected chi connectivity index (χ0v) is 12.1. The van der Waals surface area contributed by atoms with Crippen LogP contribution < -0.4 is 0 Å². The smallest absolute Gasteiger partial charge is 0.267 e. The van der Waals surface area contributed by atoms with Crippen molar-refractivity contribution in [1.82, 2.24) is 14.5 Å². The van der Waals surface area contributed by atoms with Gasteiger partial charge in [-0.25, -0.2) is 0 Å². The second-order valence-electron chi connectivity index (χ2n) is 4.68. The lowest BCUT2D eigenvalue weighted by molar-refractivity contribution is 0.0790. The van der Waals surface area contributed by atoms with Crippen molar-refractivity contribution in [3.8, 4) is 0 Å². The summed E-state index contributed by atoms with van der Waals surface area (Å²) in [5.41, 5.74) is 0.855. The van der Waals surface area contributed by atoms with Crippen molar-refractivity contribution in [3.63, 3.8) is 0 Å². The van der Waals surface area contributed by atoms with Crippen LogP contribution in [0.3, 0.4) is 0 Å². The Kier molecular flexibility index (Phi) is 4.95. The molecule has 0 N–H and O–H groups in total. The summed E-state index contributed by atoms with van der Waals surface area (Å²) in [5.74, 6) is 1.34. The van der Waals surface area contributed by atoms with Gasteiger partial charge in [0.15, 0.2) is 0 Å². The normalized spacial score (nSPS) is 19.4. The molecule has 6 heteroatoms. The lowest BCUT2D eigenvalue weighted by atomic mass is 10.1. The number of carbonyl (C=O) groups excluding carboxylic acids is 1. The van der Waals surface area contributed by atoms with Crippen LogP contribution in [0.4, 0.5) is 0 Å². The van der Waals surface area contributed by atoms with Crippen LogP contribution in [0.25, 0.3) is 0 Å². The second kappa shape index (κ2) is 6.48. The first-order chi connectivity index (χ1) is 8.76. The van der Waals surface area contributed by atoms with Gasteiger partial charge in [0.1, 0.15) is 4.88 Å². The van der Waals surface area contributed by atoms with Crippen LogP contribution in [0.15, 0.2) is 0 Å². The van der Waals surface area contributed by atoms with Gasteiger partial charge in [-0.3, -0.25) is 4.79 Å². The summed E-state index contributed by atoms with van der Waals surface area (Å²) in [7, 11) is 0. The second-order valence-corrected chi connectivity index (χ2v) is 5.81. The molecule has 0 radical (unpaired) electrons. The Morgan fingerprint density at radius 2 is 2.44 bits per heavy atom. The highest BCUT2D eigenvalue weighted by atomic mass is 35.5. The molecule has 2 heterocycles. The van der Waals surface area contributed by atoms with Gasteiger partial charge in [0.05, 0.1) is 5.69 Å². The highest BCUT2D eigenvalue weighted by Crippen LogP contribution is 2.24. The molecule has 1 aliphatic heterocycles. The van der Waals surface area contributed by atoms with E-state index in [0.29, 0.717) is 11.8 Å². The average molecular weight is 288 g/mol. The third-order valence-corrected chi connectivity index (χ3v) is 4.30. The summed E-state index contributed by atoms with van der Waals surface area (Å²) in [5, 5.41) is 4.05. The zero-order chi connectivity index (χ0) is 13.0. The lowest BCUT2D eigenvalue weighted by Gasteiger charge is -2.15. The van der Waals surface area contributed by atoms with Crippen LogP contribution in [-0.2, 0) is 6.42 Å². The van der Waals surface area contributed by atoms with E-state index in [4.69, 9.17) is 11.6 Å². The predicted molar refractivity (Wildman–Crippen MR) is 73.3 cm³/mol. The molecule has 0 bridgehead atoms. The summed E-state index contributed by atoms with van der Waals surface area (Å²) in [6.45, 7) is 3.75. The van der Waals surface area contributed by atoms with E-state index in [1.165, 1.54) is 11.5 Å². The number of amides is 1. The van der Waals surface area contributed by atoms with Gasteiger partial charge in [-0.15, -0.1) is 16.7 Å². The number of carbonyl (C=O) groups is 1. The minimum absolute atomic E-state index is 0.102. The Hall–Kier alpha value is -0.680. The van der Waals surface area contributed by atoms with Crippen LogP contribution in [0.5, 0.6) is 0 Å². The number of halogens is 1. The standard InChI is InChI=1S/C12H18ClN3OS/c1-2-3-10-11(18-15-14-10)12(17)16-7-5-9(8-16)4-6-13/h9H,2-8H2,1H3. The largest absolute Gasteiger partial charge is 0.338 e. The van der Waals surface area contributed by atoms with Gasteiger partial charge in [0, 0.05) is 19.0 Å². The van der Waals surface area contributed by atoms with E-state index in [1.807, 2.05) is 4.90 Å². The molecule has 1 atom stereocenters. The van der Waals surface area contributed by atoms with Crippen LogP contribution >= 0.6 is 23.1 Å². The molecule has 0 spiro atoms. The monoisotopic (exact) mass is 287 g/mol. The van der Waals surface area contributed by atoms with E-state index in [1.54, 1.807) is 0 Å². The molecule has 0 aliphatic carbocycles. The van der Waals surface area contributed by atoms with Crippen LogP contribution in [0.1, 0.15) is 41.6 Å². The molecule has 1 amide bonds. The predicted octanol–water partition coefficient (Wildman–Crippen LogP) is 2.58. The third-order valence-electron chi connectivity index (χ3n) is 3.33. The van der Waals surface area contributed by atoms with Gasteiger partial charge in [0.25, 0.3) is 5.91 Å². The van der Waals surface area contributed by atoms with Gasteiger partial charge < -0.3 is 4.90 Å². The molecular weight excluding hydrogens is 270 g/mol. The van der Waals surface area contributed by atoms with Crippen molar-refractivity contribution in [2.24, 2.45) is 5.92 Å². The van der Waals surface area contributed by atoms with Crippen LogP contribution in [0.2, 0.25) is 0 Å². The minimum atomic E-state index is 0.102. The van der Waals surface area contributed by atoms with Crippen molar-refractivity contribution >= 4 is 29.0 Å². The highest BCUT2D eigenvalue weighted by Gasteiger charge is 2.29. The molecule has 4 nitrogen and oxygen atoms in total. The van der Waals surface area contributed by atoms with E-state index in [-0.39, 0.29) is 5.91 Å². The van der Waals surface area contributed by atoms with E-state index in [2.05, 4.69) is 16.5 Å².